The Labute approximate surface area is 159 Å². The van der Waals surface area contributed by atoms with Crippen molar-refractivity contribution in [3.8, 4) is 0 Å². The molecule has 1 aromatic heterocycles. The third-order valence-electron chi connectivity index (χ3n) is 4.11. The van der Waals surface area contributed by atoms with E-state index in [2.05, 4.69) is 20.9 Å². The highest BCUT2D eigenvalue weighted by atomic mass is 35.5. The van der Waals surface area contributed by atoms with Crippen molar-refractivity contribution in [3.63, 3.8) is 0 Å². The van der Waals surface area contributed by atoms with E-state index in [9.17, 15) is 4.79 Å². The molecule has 6 nitrogen and oxygen atoms in total. The summed E-state index contributed by atoms with van der Waals surface area (Å²) in [5.74, 6) is 0.632. The SMILES string of the molecule is Cc1nnc2n1N[C@H](c1ccccc1)[C@@H](C(=O)Nc1cccc(Cl)c1)S2. The molecule has 0 saturated carbocycles. The van der Waals surface area contributed by atoms with Gasteiger partial charge in [0.1, 0.15) is 11.1 Å². The first kappa shape index (κ1) is 16.9. The van der Waals surface area contributed by atoms with Gasteiger partial charge in [-0.1, -0.05) is 59.8 Å². The Morgan fingerprint density at radius 1 is 1.19 bits per heavy atom. The normalized spacial score (nSPS) is 18.7. The summed E-state index contributed by atoms with van der Waals surface area (Å²) >= 11 is 7.41. The molecule has 8 heteroatoms. The van der Waals surface area contributed by atoms with Crippen LogP contribution in [0.3, 0.4) is 0 Å². The zero-order valence-corrected chi connectivity index (χ0v) is 15.5. The number of nitrogens with zero attached hydrogens (tertiary/aromatic N) is 3. The minimum Gasteiger partial charge on any atom is -0.325 e. The standard InChI is InChI=1S/C18H16ClN5OS/c1-11-21-22-18-24(11)23-15(12-6-3-2-4-7-12)16(26-18)17(25)20-14-9-5-8-13(19)10-14/h2-10,15-16,23H,1H3,(H,20,25)/t15-,16+/m1/s1. The number of anilines is 1. The van der Waals surface area contributed by atoms with Crippen LogP contribution in [-0.2, 0) is 4.79 Å². The second-order valence-corrected chi connectivity index (χ2v) is 7.47. The molecule has 26 heavy (non-hydrogen) atoms. The van der Waals surface area contributed by atoms with E-state index in [-0.39, 0.29) is 11.9 Å². The summed E-state index contributed by atoms with van der Waals surface area (Å²) in [6, 6.07) is 16.8. The molecule has 0 aliphatic carbocycles. The molecule has 2 aromatic carbocycles. The summed E-state index contributed by atoms with van der Waals surface area (Å²) in [5.41, 5.74) is 5.06. The van der Waals surface area contributed by atoms with Gasteiger partial charge in [-0.3, -0.25) is 4.79 Å². The number of aryl methyl sites for hydroxylation is 1. The van der Waals surface area contributed by atoms with Crippen LogP contribution in [0, 0.1) is 6.92 Å². The van der Waals surface area contributed by atoms with Gasteiger partial charge < -0.3 is 10.7 Å². The summed E-state index contributed by atoms with van der Waals surface area (Å²) in [5, 5.41) is 12.0. The van der Waals surface area contributed by atoms with Crippen molar-refractivity contribution in [2.24, 2.45) is 0 Å². The number of amides is 1. The maximum atomic E-state index is 13.0. The van der Waals surface area contributed by atoms with E-state index >= 15 is 0 Å². The number of carbonyl (C=O) groups is 1. The van der Waals surface area contributed by atoms with E-state index in [0.29, 0.717) is 15.9 Å². The van der Waals surface area contributed by atoms with Crippen LogP contribution in [0.4, 0.5) is 5.69 Å². The summed E-state index contributed by atoms with van der Waals surface area (Å²) < 4.78 is 1.82. The first-order valence-corrected chi connectivity index (χ1v) is 9.34. The number of nitrogens with one attached hydrogen (secondary N) is 2. The molecule has 3 aromatic rings. The smallest absolute Gasteiger partial charge is 0.240 e. The molecule has 0 unspecified atom stereocenters. The molecule has 1 amide bonds. The largest absolute Gasteiger partial charge is 0.325 e. The Bertz CT molecular complexity index is 946. The van der Waals surface area contributed by atoms with Gasteiger partial charge in [-0.25, -0.2) is 4.68 Å². The number of hydrogen-bond donors (Lipinski definition) is 2. The van der Waals surface area contributed by atoms with Crippen LogP contribution < -0.4 is 10.7 Å². The van der Waals surface area contributed by atoms with Gasteiger partial charge in [0.2, 0.25) is 11.1 Å². The average molecular weight is 386 g/mol. The molecular weight excluding hydrogens is 370 g/mol. The maximum Gasteiger partial charge on any atom is 0.240 e. The summed E-state index contributed by atoms with van der Waals surface area (Å²) in [6.07, 6.45) is 0. The number of fused-ring (bicyclic) bond motifs is 1. The molecule has 4 rings (SSSR count). The van der Waals surface area contributed by atoms with Crippen molar-refractivity contribution in [2.45, 2.75) is 23.4 Å². The Balaban J connectivity index is 1.66. The second kappa shape index (κ2) is 7.01. The molecule has 2 N–H and O–H groups in total. The number of rotatable bonds is 3. The van der Waals surface area contributed by atoms with Crippen LogP contribution >= 0.6 is 23.4 Å². The number of aromatic nitrogens is 3. The fourth-order valence-corrected chi connectivity index (χ4v) is 4.17. The number of hydrogen-bond acceptors (Lipinski definition) is 5. The quantitative estimate of drug-likeness (QED) is 0.720. The van der Waals surface area contributed by atoms with Crippen molar-refractivity contribution in [2.75, 3.05) is 10.7 Å². The van der Waals surface area contributed by atoms with Crippen molar-refractivity contribution < 1.29 is 4.79 Å². The van der Waals surface area contributed by atoms with E-state index < -0.39 is 5.25 Å². The van der Waals surface area contributed by atoms with Gasteiger partial charge in [-0.15, -0.1) is 10.2 Å². The minimum absolute atomic E-state index is 0.120. The molecule has 0 fully saturated rings. The molecular formula is C18H16ClN5OS. The lowest BCUT2D eigenvalue weighted by atomic mass is 10.0. The van der Waals surface area contributed by atoms with Crippen molar-refractivity contribution in [1.82, 2.24) is 14.9 Å². The van der Waals surface area contributed by atoms with Crippen LogP contribution in [0.15, 0.2) is 59.8 Å². The molecule has 0 spiro atoms. The lowest BCUT2D eigenvalue weighted by Crippen LogP contribution is -2.41. The van der Waals surface area contributed by atoms with E-state index in [4.69, 9.17) is 11.6 Å². The van der Waals surface area contributed by atoms with Gasteiger partial charge in [-0.05, 0) is 30.7 Å². The molecule has 2 heterocycles. The number of benzene rings is 2. The molecule has 2 atom stereocenters. The van der Waals surface area contributed by atoms with E-state index in [1.54, 1.807) is 18.2 Å². The monoisotopic (exact) mass is 385 g/mol. The van der Waals surface area contributed by atoms with Crippen LogP contribution in [0.1, 0.15) is 17.4 Å². The molecule has 0 bridgehead atoms. The number of halogens is 1. The van der Waals surface area contributed by atoms with Gasteiger partial charge in [0.05, 0.1) is 6.04 Å². The predicted molar refractivity (Wildman–Crippen MR) is 103 cm³/mol. The first-order valence-electron chi connectivity index (χ1n) is 8.08. The molecule has 1 aliphatic heterocycles. The highest BCUT2D eigenvalue weighted by Gasteiger charge is 2.37. The summed E-state index contributed by atoms with van der Waals surface area (Å²) in [7, 11) is 0. The minimum atomic E-state index is -0.410. The average Bonchev–Trinajstić information content (AvgIpc) is 3.02. The Morgan fingerprint density at radius 3 is 2.77 bits per heavy atom. The highest BCUT2D eigenvalue weighted by Crippen LogP contribution is 2.37. The second-order valence-electron chi connectivity index (χ2n) is 5.92. The maximum absolute atomic E-state index is 13.0. The zero-order chi connectivity index (χ0) is 18.1. The summed E-state index contributed by atoms with van der Waals surface area (Å²) in [4.78, 5) is 13.0. The van der Waals surface area contributed by atoms with E-state index in [0.717, 1.165) is 11.4 Å². The third kappa shape index (κ3) is 3.27. The van der Waals surface area contributed by atoms with Gasteiger partial charge in [0.25, 0.3) is 0 Å². The highest BCUT2D eigenvalue weighted by molar-refractivity contribution is 8.00. The first-order chi connectivity index (χ1) is 12.6. The zero-order valence-electron chi connectivity index (χ0n) is 13.9. The molecule has 0 radical (unpaired) electrons. The predicted octanol–water partition coefficient (Wildman–Crippen LogP) is 3.64. The van der Waals surface area contributed by atoms with Crippen molar-refractivity contribution >= 4 is 35.0 Å². The third-order valence-corrected chi connectivity index (χ3v) is 5.56. The van der Waals surface area contributed by atoms with Crippen molar-refractivity contribution in [3.05, 3.63) is 71.0 Å². The summed E-state index contributed by atoms with van der Waals surface area (Å²) in [6.45, 7) is 1.87. The van der Waals surface area contributed by atoms with Crippen LogP contribution in [0.25, 0.3) is 0 Å². The van der Waals surface area contributed by atoms with Crippen LogP contribution in [0.2, 0.25) is 5.02 Å². The molecule has 0 saturated heterocycles. The molecule has 1 aliphatic rings. The Morgan fingerprint density at radius 2 is 2.00 bits per heavy atom. The number of carbonyl (C=O) groups excluding carboxylic acids is 1. The number of thioether (sulfide) groups is 1. The van der Waals surface area contributed by atoms with Crippen LogP contribution in [-0.4, -0.2) is 26.0 Å². The van der Waals surface area contributed by atoms with Gasteiger partial charge >= 0.3 is 0 Å². The fraction of sp³-hybridized carbons (Fsp3) is 0.167. The van der Waals surface area contributed by atoms with Crippen molar-refractivity contribution in [1.29, 1.82) is 0 Å². The topological polar surface area (TPSA) is 71.8 Å². The Kier molecular flexibility index (Phi) is 4.57. The van der Waals surface area contributed by atoms with Gasteiger partial charge in [0.15, 0.2) is 0 Å². The molecule has 132 valence electrons. The lowest BCUT2D eigenvalue weighted by molar-refractivity contribution is -0.116. The van der Waals surface area contributed by atoms with E-state index in [1.807, 2.05) is 48.0 Å². The Hall–Kier alpha value is -2.51. The lowest BCUT2D eigenvalue weighted by Gasteiger charge is -2.32. The fourth-order valence-electron chi connectivity index (χ4n) is 2.85. The van der Waals surface area contributed by atoms with E-state index in [1.165, 1.54) is 11.8 Å². The van der Waals surface area contributed by atoms with Crippen LogP contribution in [0.5, 0.6) is 0 Å². The van der Waals surface area contributed by atoms with Gasteiger partial charge in [0, 0.05) is 10.7 Å². The van der Waals surface area contributed by atoms with Gasteiger partial charge in [-0.2, -0.15) is 0 Å².